The van der Waals surface area contributed by atoms with Crippen LogP contribution >= 0.6 is 0 Å². The molecule has 0 saturated carbocycles. The summed E-state index contributed by atoms with van der Waals surface area (Å²) >= 11 is 0. The predicted molar refractivity (Wildman–Crippen MR) is 125 cm³/mol. The monoisotopic (exact) mass is 437 g/mol. The van der Waals surface area contributed by atoms with E-state index in [4.69, 9.17) is 13.7 Å². The Hall–Kier alpha value is -3.81. The van der Waals surface area contributed by atoms with Crippen LogP contribution in [0.15, 0.2) is 48.8 Å². The summed E-state index contributed by atoms with van der Waals surface area (Å²) in [6, 6.07) is 9.33. The highest BCUT2D eigenvalue weighted by Gasteiger charge is 2.15. The third kappa shape index (κ3) is 3.91. The number of carbonyl (C=O) groups excluding carboxylic acids is 1. The number of hydrogen-bond donors (Lipinski definition) is 1. The fourth-order valence-electron chi connectivity index (χ4n) is 3.25. The van der Waals surface area contributed by atoms with E-state index in [0.29, 0.717) is 10.9 Å². The van der Waals surface area contributed by atoms with Gasteiger partial charge in [-0.25, -0.2) is 9.97 Å². The van der Waals surface area contributed by atoms with Crippen molar-refractivity contribution in [3.05, 3.63) is 60.2 Å². The van der Waals surface area contributed by atoms with Gasteiger partial charge in [-0.1, -0.05) is 6.07 Å². The summed E-state index contributed by atoms with van der Waals surface area (Å²) in [6.07, 6.45) is -7.82. The molecule has 1 N–H and O–H groups in total. The van der Waals surface area contributed by atoms with Gasteiger partial charge in [-0.15, -0.1) is 10.2 Å². The number of hydrogen-bond acceptors (Lipinski definition) is 6. The summed E-state index contributed by atoms with van der Waals surface area (Å²) < 4.78 is 83.7. The van der Waals surface area contributed by atoms with Crippen LogP contribution in [0.1, 0.15) is 49.0 Å². The molecule has 162 valence electrons. The minimum absolute atomic E-state index is 0.0775. The molecule has 1 aromatic carbocycles. The summed E-state index contributed by atoms with van der Waals surface area (Å²) in [4.78, 5) is 21.5. The van der Waals surface area contributed by atoms with E-state index in [1.54, 1.807) is 18.3 Å². The van der Waals surface area contributed by atoms with Crippen molar-refractivity contribution in [3.8, 4) is 11.3 Å². The highest BCUT2D eigenvalue weighted by molar-refractivity contribution is 6.04. The lowest BCUT2D eigenvalue weighted by Crippen LogP contribution is -2.30. The van der Waals surface area contributed by atoms with Gasteiger partial charge >= 0.3 is 0 Å². The maximum atomic E-state index is 13.2. The average Bonchev–Trinajstić information content (AvgIpc) is 3.25. The first-order chi connectivity index (χ1) is 19.3. The van der Waals surface area contributed by atoms with Crippen molar-refractivity contribution in [3.63, 3.8) is 0 Å². The highest BCUT2D eigenvalue weighted by Crippen LogP contribution is 2.25. The molecule has 0 spiro atoms. The molecule has 1 saturated heterocycles. The fourth-order valence-corrected chi connectivity index (χ4v) is 3.25. The van der Waals surface area contributed by atoms with Crippen LogP contribution in [-0.4, -0.2) is 43.6 Å². The van der Waals surface area contributed by atoms with Crippen LogP contribution in [-0.2, 0) is 7.05 Å². The van der Waals surface area contributed by atoms with E-state index in [-0.39, 0.29) is 16.3 Å². The SMILES string of the molecule is [2H]C1([2H])N(c2cc(C(=O)Nc3cc4cc(-c5cnc(C)n5C)ccc4nn3)ccn2)C([2H])([2H])C([2H])([2H])C([2H])([2H])C1([2H])[2H]. The van der Waals surface area contributed by atoms with E-state index in [1.807, 2.05) is 30.7 Å². The molecule has 8 nitrogen and oxygen atoms in total. The lowest BCUT2D eigenvalue weighted by molar-refractivity contribution is 0.102. The number of amides is 1. The highest BCUT2D eigenvalue weighted by atomic mass is 16.1. The topological polar surface area (TPSA) is 88.8 Å². The van der Waals surface area contributed by atoms with Crippen LogP contribution in [0.4, 0.5) is 11.6 Å². The molecule has 1 amide bonds. The van der Waals surface area contributed by atoms with Gasteiger partial charge in [0.2, 0.25) is 0 Å². The van der Waals surface area contributed by atoms with Crippen LogP contribution in [0.5, 0.6) is 0 Å². The molecule has 1 aliphatic heterocycles. The quantitative estimate of drug-likeness (QED) is 0.520. The first-order valence-electron chi connectivity index (χ1n) is 14.7. The predicted octanol–water partition coefficient (Wildman–Crippen LogP) is 3.98. The molecule has 0 radical (unpaired) electrons. The van der Waals surface area contributed by atoms with E-state index in [0.717, 1.165) is 29.3 Å². The van der Waals surface area contributed by atoms with Crippen LogP contribution in [0, 0.1) is 6.92 Å². The molecule has 4 aromatic rings. The number of nitrogens with zero attached hydrogens (tertiary/aromatic N) is 6. The first kappa shape index (κ1) is 11.7. The number of nitrogens with one attached hydrogen (secondary N) is 1. The van der Waals surface area contributed by atoms with Gasteiger partial charge in [-0.2, -0.15) is 0 Å². The third-order valence-electron chi connectivity index (χ3n) is 5.04. The lowest BCUT2D eigenvalue weighted by Gasteiger charge is -2.27. The van der Waals surface area contributed by atoms with Crippen molar-refractivity contribution in [1.82, 2.24) is 24.7 Å². The van der Waals surface area contributed by atoms with Gasteiger partial charge in [0.25, 0.3) is 5.91 Å². The number of fused-ring (bicyclic) bond motifs is 1. The van der Waals surface area contributed by atoms with Gasteiger partial charge in [0.1, 0.15) is 11.6 Å². The van der Waals surface area contributed by atoms with Crippen molar-refractivity contribution in [2.75, 3.05) is 23.2 Å². The molecule has 0 atom stereocenters. The summed E-state index contributed by atoms with van der Waals surface area (Å²) in [5, 5.41) is 11.4. The van der Waals surface area contributed by atoms with Crippen LogP contribution < -0.4 is 10.2 Å². The zero-order chi connectivity index (χ0) is 31.0. The van der Waals surface area contributed by atoms with Crippen molar-refractivity contribution in [2.24, 2.45) is 7.05 Å². The number of aromatic nitrogens is 5. The van der Waals surface area contributed by atoms with Crippen molar-refractivity contribution >= 4 is 28.4 Å². The third-order valence-corrected chi connectivity index (χ3v) is 5.04. The van der Waals surface area contributed by atoms with Gasteiger partial charge in [0.05, 0.1) is 17.4 Å². The van der Waals surface area contributed by atoms with Gasteiger partial charge in [0, 0.05) is 56.5 Å². The van der Waals surface area contributed by atoms with E-state index in [1.165, 1.54) is 6.07 Å². The molecular weight excluding hydrogens is 402 g/mol. The Bertz CT molecular complexity index is 1690. The first-order valence-corrected chi connectivity index (χ1v) is 9.68. The van der Waals surface area contributed by atoms with Crippen LogP contribution in [0.3, 0.4) is 0 Å². The number of rotatable bonds is 4. The molecule has 8 heteroatoms. The zero-order valence-corrected chi connectivity index (χ0v) is 17.2. The Balaban J connectivity index is 1.48. The fraction of sp³-hybridized carbons (Fsp3) is 0.292. The second-order valence-electron chi connectivity index (χ2n) is 7.04. The van der Waals surface area contributed by atoms with Gasteiger partial charge in [-0.05, 0) is 56.4 Å². The molecule has 1 fully saturated rings. The minimum Gasteiger partial charge on any atom is -0.357 e. The van der Waals surface area contributed by atoms with Crippen molar-refractivity contribution in [1.29, 1.82) is 0 Å². The maximum absolute atomic E-state index is 13.2. The molecule has 32 heavy (non-hydrogen) atoms. The van der Waals surface area contributed by atoms with Gasteiger partial charge < -0.3 is 14.8 Å². The second-order valence-corrected chi connectivity index (χ2v) is 7.04. The Morgan fingerprint density at radius 1 is 1.06 bits per heavy atom. The minimum atomic E-state index is -3.57. The number of aryl methyl sites for hydroxylation is 1. The zero-order valence-electron chi connectivity index (χ0n) is 27.2. The van der Waals surface area contributed by atoms with Crippen molar-refractivity contribution in [2.45, 2.75) is 26.0 Å². The van der Waals surface area contributed by atoms with E-state index < -0.39 is 43.8 Å². The Labute approximate surface area is 200 Å². The number of pyridine rings is 1. The number of imidazole rings is 1. The number of benzene rings is 1. The van der Waals surface area contributed by atoms with E-state index in [9.17, 15) is 4.79 Å². The Morgan fingerprint density at radius 2 is 1.91 bits per heavy atom. The number of anilines is 2. The normalized spacial score (nSPS) is 26.5. The lowest BCUT2D eigenvalue weighted by atomic mass is 10.1. The van der Waals surface area contributed by atoms with Gasteiger partial charge in [0.15, 0.2) is 5.82 Å². The second kappa shape index (κ2) is 8.37. The number of carbonyl (C=O) groups is 1. The van der Waals surface area contributed by atoms with E-state index in [2.05, 4.69) is 25.5 Å². The molecular formula is C24H25N7O. The van der Waals surface area contributed by atoms with Crippen molar-refractivity contribution < 1.29 is 18.5 Å². The molecule has 0 unspecified atom stereocenters. The Morgan fingerprint density at radius 3 is 2.69 bits per heavy atom. The van der Waals surface area contributed by atoms with Crippen LogP contribution in [0.25, 0.3) is 22.2 Å². The molecule has 1 aliphatic rings. The summed E-state index contributed by atoms with van der Waals surface area (Å²) in [5.74, 6) is -0.459. The van der Waals surface area contributed by atoms with Crippen LogP contribution in [0.2, 0.25) is 0 Å². The average molecular weight is 438 g/mol. The molecule has 4 heterocycles. The Kier molecular flexibility index (Phi) is 3.06. The summed E-state index contributed by atoms with van der Waals surface area (Å²) in [6.45, 7) is -4.95. The maximum Gasteiger partial charge on any atom is 0.257 e. The summed E-state index contributed by atoms with van der Waals surface area (Å²) in [5.41, 5.74) is 2.16. The largest absolute Gasteiger partial charge is 0.357 e. The van der Waals surface area contributed by atoms with E-state index >= 15 is 0 Å². The van der Waals surface area contributed by atoms with Gasteiger partial charge in [-0.3, -0.25) is 4.79 Å². The smallest absolute Gasteiger partial charge is 0.257 e. The molecule has 0 aliphatic carbocycles. The standard InChI is InChI=1S/C24H25N7O/c1-16-26-15-21(30(16)2)17-6-7-20-19(12-17)13-22(29-28-20)27-24(32)18-8-9-25-23(14-18)31-10-4-3-5-11-31/h6-9,12-15H,3-5,10-11H2,1-2H3,(H,27,29,32)/i3D2,4D2,5D2,10D2,11D2. The molecule has 3 aromatic heterocycles. The number of piperidine rings is 1. The summed E-state index contributed by atoms with van der Waals surface area (Å²) in [7, 11) is 1.89. The molecule has 5 rings (SSSR count). The molecule has 0 bridgehead atoms.